The first kappa shape index (κ1) is 15.3. The van der Waals surface area contributed by atoms with E-state index >= 15 is 0 Å². The fourth-order valence-electron chi connectivity index (χ4n) is 3.35. The minimum atomic E-state index is 0.271. The highest BCUT2D eigenvalue weighted by Crippen LogP contribution is 2.33. The van der Waals surface area contributed by atoms with E-state index in [1.807, 2.05) is 18.2 Å². The van der Waals surface area contributed by atoms with E-state index in [0.717, 1.165) is 30.0 Å². The molecule has 0 bridgehead atoms. The number of fused-ring (bicyclic) bond motifs is 2. The molecule has 0 spiro atoms. The Labute approximate surface area is 147 Å². The number of ether oxygens (including phenoxy) is 2. The molecule has 2 aromatic rings. The molecule has 0 saturated heterocycles. The summed E-state index contributed by atoms with van der Waals surface area (Å²) < 4.78 is 11.2. The van der Waals surface area contributed by atoms with Crippen molar-refractivity contribution in [2.75, 3.05) is 18.5 Å². The highest BCUT2D eigenvalue weighted by atomic mass is 32.1. The van der Waals surface area contributed by atoms with Gasteiger partial charge in [-0.2, -0.15) is 0 Å². The van der Waals surface area contributed by atoms with E-state index in [9.17, 15) is 0 Å². The number of aryl methyl sites for hydroxylation is 1. The van der Waals surface area contributed by atoms with Gasteiger partial charge in [-0.25, -0.2) is 0 Å². The van der Waals surface area contributed by atoms with E-state index < -0.39 is 0 Å². The van der Waals surface area contributed by atoms with Crippen molar-refractivity contribution in [1.29, 1.82) is 0 Å². The molecule has 4 rings (SSSR count). The fourth-order valence-corrected chi connectivity index (χ4v) is 3.61. The molecule has 2 aliphatic rings. The second-order valence-electron chi connectivity index (χ2n) is 6.10. The van der Waals surface area contributed by atoms with Crippen LogP contribution >= 0.6 is 12.2 Å². The maximum absolute atomic E-state index is 5.61. The molecule has 0 amide bonds. The summed E-state index contributed by atoms with van der Waals surface area (Å²) in [5, 5.41) is 7.34. The van der Waals surface area contributed by atoms with Crippen molar-refractivity contribution in [2.24, 2.45) is 0 Å². The summed E-state index contributed by atoms with van der Waals surface area (Å²) in [7, 11) is 0. The minimum Gasteiger partial charge on any atom is -0.486 e. The normalized spacial score (nSPS) is 18.4. The van der Waals surface area contributed by atoms with Gasteiger partial charge < -0.3 is 20.1 Å². The fraction of sp³-hybridized carbons (Fsp3) is 0.316. The van der Waals surface area contributed by atoms with Gasteiger partial charge in [0.25, 0.3) is 0 Å². The zero-order valence-electron chi connectivity index (χ0n) is 13.4. The van der Waals surface area contributed by atoms with Crippen molar-refractivity contribution in [1.82, 2.24) is 5.32 Å². The van der Waals surface area contributed by atoms with Crippen LogP contribution in [0.25, 0.3) is 0 Å². The van der Waals surface area contributed by atoms with Crippen LogP contribution in [0.2, 0.25) is 0 Å². The van der Waals surface area contributed by atoms with Crippen LogP contribution in [0.1, 0.15) is 30.0 Å². The van der Waals surface area contributed by atoms with Gasteiger partial charge in [0.15, 0.2) is 16.6 Å². The Morgan fingerprint density at radius 3 is 2.79 bits per heavy atom. The predicted molar refractivity (Wildman–Crippen MR) is 98.9 cm³/mol. The molecule has 5 heteroatoms. The average Bonchev–Trinajstić information content (AvgIpc) is 2.62. The molecular weight excluding hydrogens is 320 g/mol. The smallest absolute Gasteiger partial charge is 0.171 e. The molecule has 24 heavy (non-hydrogen) atoms. The summed E-state index contributed by atoms with van der Waals surface area (Å²) in [5.74, 6) is 1.55. The first-order valence-electron chi connectivity index (χ1n) is 8.34. The Balaban J connectivity index is 1.44. The lowest BCUT2D eigenvalue weighted by Crippen LogP contribution is -2.34. The van der Waals surface area contributed by atoms with Crippen LogP contribution in [0.5, 0.6) is 11.5 Å². The van der Waals surface area contributed by atoms with Gasteiger partial charge in [-0.05, 0) is 54.7 Å². The van der Waals surface area contributed by atoms with Gasteiger partial charge in [-0.3, -0.25) is 0 Å². The molecule has 2 N–H and O–H groups in total. The van der Waals surface area contributed by atoms with Crippen LogP contribution < -0.4 is 20.1 Å². The largest absolute Gasteiger partial charge is 0.486 e. The number of thiocarbonyl (C=S) groups is 1. The first-order chi connectivity index (χ1) is 11.8. The van der Waals surface area contributed by atoms with E-state index in [0.29, 0.717) is 18.3 Å². The van der Waals surface area contributed by atoms with Crippen LogP contribution in [0.4, 0.5) is 5.69 Å². The molecule has 1 aliphatic carbocycles. The van der Waals surface area contributed by atoms with Gasteiger partial charge in [0.2, 0.25) is 0 Å². The number of benzene rings is 2. The number of hydrogen-bond acceptors (Lipinski definition) is 3. The Kier molecular flexibility index (Phi) is 4.26. The number of anilines is 1. The zero-order valence-corrected chi connectivity index (χ0v) is 14.2. The molecule has 1 aliphatic heterocycles. The Morgan fingerprint density at radius 1 is 1.04 bits per heavy atom. The monoisotopic (exact) mass is 340 g/mol. The van der Waals surface area contributed by atoms with Crippen LogP contribution in [-0.4, -0.2) is 18.3 Å². The summed E-state index contributed by atoms with van der Waals surface area (Å²) in [6, 6.07) is 14.7. The molecule has 2 aromatic carbocycles. The van der Waals surface area contributed by atoms with E-state index in [1.165, 1.54) is 17.5 Å². The Bertz CT molecular complexity index is 763. The van der Waals surface area contributed by atoms with Crippen molar-refractivity contribution in [2.45, 2.75) is 25.3 Å². The van der Waals surface area contributed by atoms with Crippen LogP contribution in [0.15, 0.2) is 42.5 Å². The summed E-state index contributed by atoms with van der Waals surface area (Å²) >= 11 is 5.51. The average molecular weight is 340 g/mol. The standard InChI is InChI=1S/C19H20N2O2S/c24-19(20-14-8-9-17-18(12-14)23-11-10-22-17)21-16-7-3-5-13-4-1-2-6-15(13)16/h1-2,4,6,8-9,12,16H,3,5,7,10-11H2,(H2,20,21,24). The predicted octanol–water partition coefficient (Wildman–Crippen LogP) is 3.82. The van der Waals surface area contributed by atoms with Gasteiger partial charge in [-0.15, -0.1) is 0 Å². The Hall–Kier alpha value is -2.27. The van der Waals surface area contributed by atoms with E-state index in [1.54, 1.807) is 0 Å². The van der Waals surface area contributed by atoms with Gasteiger partial charge in [0.05, 0.1) is 6.04 Å². The van der Waals surface area contributed by atoms with Gasteiger partial charge in [0, 0.05) is 11.8 Å². The van der Waals surface area contributed by atoms with Crippen molar-refractivity contribution in [3.63, 3.8) is 0 Å². The molecule has 0 saturated carbocycles. The molecule has 1 unspecified atom stereocenters. The summed E-state index contributed by atoms with van der Waals surface area (Å²) in [6.07, 6.45) is 3.43. The van der Waals surface area contributed by atoms with E-state index in [4.69, 9.17) is 21.7 Å². The van der Waals surface area contributed by atoms with Gasteiger partial charge >= 0.3 is 0 Å². The molecule has 0 radical (unpaired) electrons. The van der Waals surface area contributed by atoms with Crippen molar-refractivity contribution in [3.8, 4) is 11.5 Å². The third-order valence-corrected chi connectivity index (χ3v) is 4.69. The topological polar surface area (TPSA) is 42.5 Å². The lowest BCUT2D eigenvalue weighted by atomic mass is 9.88. The molecule has 124 valence electrons. The second kappa shape index (κ2) is 6.69. The number of rotatable bonds is 2. The summed E-state index contributed by atoms with van der Waals surface area (Å²) in [5.41, 5.74) is 3.68. The van der Waals surface area contributed by atoms with Crippen LogP contribution in [0.3, 0.4) is 0 Å². The van der Waals surface area contributed by atoms with Gasteiger partial charge in [-0.1, -0.05) is 24.3 Å². The highest BCUT2D eigenvalue weighted by Gasteiger charge is 2.20. The molecule has 1 heterocycles. The van der Waals surface area contributed by atoms with Crippen LogP contribution in [-0.2, 0) is 6.42 Å². The molecular formula is C19H20N2O2S. The quantitative estimate of drug-likeness (QED) is 0.814. The maximum atomic E-state index is 5.61. The van der Waals surface area contributed by atoms with E-state index in [2.05, 4.69) is 34.9 Å². The number of hydrogen-bond donors (Lipinski definition) is 2. The minimum absolute atomic E-state index is 0.271. The maximum Gasteiger partial charge on any atom is 0.171 e. The molecule has 0 fully saturated rings. The SMILES string of the molecule is S=C(Nc1ccc2c(c1)OCCO2)NC1CCCc2ccccc21. The third-order valence-electron chi connectivity index (χ3n) is 4.47. The Morgan fingerprint density at radius 2 is 1.88 bits per heavy atom. The third kappa shape index (κ3) is 3.17. The van der Waals surface area contributed by atoms with Crippen molar-refractivity contribution < 1.29 is 9.47 Å². The molecule has 4 nitrogen and oxygen atoms in total. The van der Waals surface area contributed by atoms with Crippen LogP contribution in [0, 0.1) is 0 Å². The summed E-state index contributed by atoms with van der Waals surface area (Å²) in [6.45, 7) is 1.18. The second-order valence-corrected chi connectivity index (χ2v) is 6.51. The van der Waals surface area contributed by atoms with Crippen molar-refractivity contribution in [3.05, 3.63) is 53.6 Å². The lowest BCUT2D eigenvalue weighted by molar-refractivity contribution is 0.171. The number of nitrogens with one attached hydrogen (secondary N) is 2. The van der Waals surface area contributed by atoms with Gasteiger partial charge in [0.1, 0.15) is 13.2 Å². The summed E-state index contributed by atoms with van der Waals surface area (Å²) in [4.78, 5) is 0. The lowest BCUT2D eigenvalue weighted by Gasteiger charge is -2.27. The molecule has 1 atom stereocenters. The highest BCUT2D eigenvalue weighted by molar-refractivity contribution is 7.80. The zero-order chi connectivity index (χ0) is 16.4. The van der Waals surface area contributed by atoms with Crippen molar-refractivity contribution >= 4 is 23.0 Å². The van der Waals surface area contributed by atoms with E-state index in [-0.39, 0.29) is 6.04 Å². The molecule has 0 aromatic heterocycles. The first-order valence-corrected chi connectivity index (χ1v) is 8.75.